The lowest BCUT2D eigenvalue weighted by Crippen LogP contribution is -2.46. The van der Waals surface area contributed by atoms with Gasteiger partial charge in [0.25, 0.3) is 0 Å². The minimum absolute atomic E-state index is 0.0293. The van der Waals surface area contributed by atoms with Gasteiger partial charge < -0.3 is 15.3 Å². The molecule has 2 amide bonds. The molecule has 1 aliphatic rings. The molecule has 0 spiro atoms. The van der Waals surface area contributed by atoms with Crippen LogP contribution in [0.15, 0.2) is 85.1 Å². The molecule has 1 aliphatic heterocycles. The summed E-state index contributed by atoms with van der Waals surface area (Å²) >= 11 is 0. The van der Waals surface area contributed by atoms with E-state index in [1.165, 1.54) is 0 Å². The van der Waals surface area contributed by atoms with Gasteiger partial charge in [0, 0.05) is 37.7 Å². The third-order valence-electron chi connectivity index (χ3n) is 5.69. The second kappa shape index (κ2) is 21.8. The second-order valence-corrected chi connectivity index (χ2v) is 8.79. The van der Waals surface area contributed by atoms with Crippen LogP contribution in [0, 0.1) is 0 Å². The molecule has 0 unspecified atom stereocenters. The molecule has 0 radical (unpaired) electrons. The van der Waals surface area contributed by atoms with Crippen molar-refractivity contribution in [3.63, 3.8) is 0 Å². The number of carboxylic acid groups (broad SMARTS) is 1. The summed E-state index contributed by atoms with van der Waals surface area (Å²) in [5.74, 6) is -1.43. The number of nitrogens with zero attached hydrogens (tertiary/aromatic N) is 1. The Labute approximate surface area is 222 Å². The van der Waals surface area contributed by atoms with Crippen molar-refractivity contribution < 1.29 is 19.5 Å². The SMILES string of the molecule is CCC=CCC=CCC=CCC=CCC=CCC=CCCC(=O)N1CCC(NC(=O)C=CC(=O)O)CC1. The number of carbonyl (C=O) groups excluding carboxylic acids is 2. The van der Waals surface area contributed by atoms with E-state index < -0.39 is 11.9 Å². The van der Waals surface area contributed by atoms with E-state index in [9.17, 15) is 14.4 Å². The third-order valence-corrected chi connectivity index (χ3v) is 5.69. The lowest BCUT2D eigenvalue weighted by molar-refractivity contribution is -0.133. The van der Waals surface area contributed by atoms with Crippen molar-refractivity contribution in [1.29, 1.82) is 0 Å². The molecular formula is C31H44N2O4. The van der Waals surface area contributed by atoms with Crippen LogP contribution < -0.4 is 5.32 Å². The topological polar surface area (TPSA) is 86.7 Å². The fraction of sp³-hybridized carbons (Fsp3) is 0.452. The van der Waals surface area contributed by atoms with Gasteiger partial charge in [-0.1, -0.05) is 79.8 Å². The van der Waals surface area contributed by atoms with E-state index in [2.05, 4.69) is 85.2 Å². The Morgan fingerprint density at radius 3 is 1.65 bits per heavy atom. The van der Waals surface area contributed by atoms with E-state index in [1.54, 1.807) is 0 Å². The molecule has 6 heteroatoms. The molecule has 1 fully saturated rings. The molecule has 0 aromatic rings. The average molecular weight is 509 g/mol. The maximum absolute atomic E-state index is 12.4. The summed E-state index contributed by atoms with van der Waals surface area (Å²) in [7, 11) is 0. The summed E-state index contributed by atoms with van der Waals surface area (Å²) < 4.78 is 0. The van der Waals surface area contributed by atoms with Crippen LogP contribution in [0.2, 0.25) is 0 Å². The van der Waals surface area contributed by atoms with Crippen LogP contribution in [-0.4, -0.2) is 46.9 Å². The number of carboxylic acids is 1. The number of hydrogen-bond acceptors (Lipinski definition) is 3. The van der Waals surface area contributed by atoms with E-state index >= 15 is 0 Å². The van der Waals surface area contributed by atoms with E-state index in [-0.39, 0.29) is 11.9 Å². The molecule has 0 aromatic heterocycles. The Morgan fingerprint density at radius 2 is 1.19 bits per heavy atom. The van der Waals surface area contributed by atoms with Gasteiger partial charge in [0.2, 0.25) is 11.8 Å². The molecule has 202 valence electrons. The van der Waals surface area contributed by atoms with Crippen LogP contribution in [0.1, 0.15) is 71.1 Å². The zero-order valence-electron chi connectivity index (χ0n) is 22.3. The number of aliphatic carboxylic acids is 1. The Balaban J connectivity index is 2.06. The van der Waals surface area contributed by atoms with E-state index in [0.29, 0.717) is 32.4 Å². The van der Waals surface area contributed by atoms with Gasteiger partial charge in [-0.2, -0.15) is 0 Å². The molecule has 0 bridgehead atoms. The number of piperidine rings is 1. The highest BCUT2D eigenvalue weighted by Crippen LogP contribution is 2.12. The predicted octanol–water partition coefficient (Wildman–Crippen LogP) is 6.21. The van der Waals surface area contributed by atoms with E-state index in [1.807, 2.05) is 4.90 Å². The van der Waals surface area contributed by atoms with E-state index in [0.717, 1.165) is 57.1 Å². The number of carbonyl (C=O) groups is 3. The number of amides is 2. The van der Waals surface area contributed by atoms with Crippen molar-refractivity contribution in [3.05, 3.63) is 85.1 Å². The minimum Gasteiger partial charge on any atom is -0.478 e. The maximum atomic E-state index is 12.4. The number of likely N-dealkylation sites (tertiary alicyclic amines) is 1. The zero-order chi connectivity index (χ0) is 27.0. The molecule has 1 saturated heterocycles. The molecule has 2 N–H and O–H groups in total. The van der Waals surface area contributed by atoms with Gasteiger partial charge in [0.1, 0.15) is 0 Å². The summed E-state index contributed by atoms with van der Waals surface area (Å²) in [6.07, 6.45) is 36.2. The largest absolute Gasteiger partial charge is 0.478 e. The monoisotopic (exact) mass is 508 g/mol. The first kappa shape index (κ1) is 31.6. The van der Waals surface area contributed by atoms with Crippen molar-refractivity contribution in [1.82, 2.24) is 10.2 Å². The minimum atomic E-state index is -1.15. The maximum Gasteiger partial charge on any atom is 0.328 e. The molecule has 37 heavy (non-hydrogen) atoms. The fourth-order valence-electron chi connectivity index (χ4n) is 3.67. The Hall–Kier alpha value is -3.41. The van der Waals surface area contributed by atoms with Gasteiger partial charge in [-0.05, 0) is 57.8 Å². The molecule has 0 saturated carbocycles. The van der Waals surface area contributed by atoms with Crippen molar-refractivity contribution in [3.8, 4) is 0 Å². The third kappa shape index (κ3) is 18.5. The molecular weight excluding hydrogens is 464 g/mol. The normalized spacial score (nSPS) is 15.6. The summed E-state index contributed by atoms with van der Waals surface area (Å²) in [4.78, 5) is 36.4. The first-order valence-electron chi connectivity index (χ1n) is 13.4. The summed E-state index contributed by atoms with van der Waals surface area (Å²) in [6, 6.07) is -0.0293. The van der Waals surface area contributed by atoms with Crippen molar-refractivity contribution in [2.45, 2.75) is 77.2 Å². The van der Waals surface area contributed by atoms with Gasteiger partial charge in [0.05, 0.1) is 0 Å². The predicted molar refractivity (Wildman–Crippen MR) is 152 cm³/mol. The van der Waals surface area contributed by atoms with Crippen LogP contribution in [-0.2, 0) is 14.4 Å². The van der Waals surface area contributed by atoms with Gasteiger partial charge >= 0.3 is 5.97 Å². The second-order valence-electron chi connectivity index (χ2n) is 8.79. The lowest BCUT2D eigenvalue weighted by Gasteiger charge is -2.32. The lowest BCUT2D eigenvalue weighted by atomic mass is 10.0. The molecule has 1 rings (SSSR count). The Bertz CT molecular complexity index is 870. The van der Waals surface area contributed by atoms with Crippen molar-refractivity contribution in [2.24, 2.45) is 0 Å². The van der Waals surface area contributed by atoms with Crippen LogP contribution >= 0.6 is 0 Å². The van der Waals surface area contributed by atoms with Crippen LogP contribution in [0.25, 0.3) is 0 Å². The van der Waals surface area contributed by atoms with Gasteiger partial charge in [-0.25, -0.2) is 4.79 Å². The average Bonchev–Trinajstić information content (AvgIpc) is 2.89. The van der Waals surface area contributed by atoms with E-state index in [4.69, 9.17) is 5.11 Å². The smallest absolute Gasteiger partial charge is 0.328 e. The first-order valence-corrected chi connectivity index (χ1v) is 13.4. The van der Waals surface area contributed by atoms with Crippen LogP contribution in [0.5, 0.6) is 0 Å². The van der Waals surface area contributed by atoms with Crippen molar-refractivity contribution >= 4 is 17.8 Å². The van der Waals surface area contributed by atoms with Gasteiger partial charge in [0.15, 0.2) is 0 Å². The van der Waals surface area contributed by atoms with Gasteiger partial charge in [-0.3, -0.25) is 9.59 Å². The van der Waals surface area contributed by atoms with Crippen LogP contribution in [0.3, 0.4) is 0 Å². The number of rotatable bonds is 17. The fourth-order valence-corrected chi connectivity index (χ4v) is 3.67. The standard InChI is InChI=1S/C31H44N2O4/c1-2-3-4-5-6-7-8-9-10-11-12-13-14-15-16-17-18-19-20-21-30(35)33-26-24-28(25-27-33)32-29(34)22-23-31(36)37/h3-4,6-7,9-10,12-13,15-16,18-19,22-23,28H,2,5,8,11,14,17,20-21,24-27H2,1H3,(H,32,34)(H,36,37). The molecule has 1 heterocycles. The summed E-state index contributed by atoms with van der Waals surface area (Å²) in [6.45, 7) is 3.36. The number of hydrogen-bond donors (Lipinski definition) is 2. The quantitative estimate of drug-likeness (QED) is 0.181. The Kier molecular flexibility index (Phi) is 18.7. The molecule has 0 atom stereocenters. The highest BCUT2D eigenvalue weighted by molar-refractivity contribution is 5.94. The first-order chi connectivity index (χ1) is 18.0. The summed E-state index contributed by atoms with van der Waals surface area (Å²) in [5.41, 5.74) is 0. The molecule has 0 aromatic carbocycles. The number of nitrogens with one attached hydrogen (secondary N) is 1. The van der Waals surface area contributed by atoms with Crippen LogP contribution in [0.4, 0.5) is 0 Å². The molecule has 6 nitrogen and oxygen atoms in total. The highest BCUT2D eigenvalue weighted by atomic mass is 16.4. The summed E-state index contributed by atoms with van der Waals surface area (Å²) in [5, 5.41) is 11.3. The zero-order valence-corrected chi connectivity index (χ0v) is 22.3. The highest BCUT2D eigenvalue weighted by Gasteiger charge is 2.22. The molecule has 0 aliphatic carbocycles. The van der Waals surface area contributed by atoms with Gasteiger partial charge in [-0.15, -0.1) is 0 Å². The number of allylic oxidation sites excluding steroid dienone is 12. The van der Waals surface area contributed by atoms with Crippen molar-refractivity contribution in [2.75, 3.05) is 13.1 Å². The Morgan fingerprint density at radius 1 is 0.730 bits per heavy atom.